The Kier molecular flexibility index (Phi) is 8.38. The third-order valence-corrected chi connectivity index (χ3v) is 2.91. The van der Waals surface area contributed by atoms with E-state index in [1.54, 1.807) is 14.2 Å². The highest BCUT2D eigenvalue weighted by molar-refractivity contribution is 6.17. The zero-order valence-corrected chi connectivity index (χ0v) is 12.3. The van der Waals surface area contributed by atoms with Crippen molar-refractivity contribution in [2.75, 3.05) is 39.9 Å². The molecular formula is C14H22ClNO3. The maximum absolute atomic E-state index is 5.73. The molecule has 0 spiro atoms. The Bertz CT molecular complexity index is 326. The molecule has 0 aromatic heterocycles. The Labute approximate surface area is 120 Å². The molecule has 0 fully saturated rings. The van der Waals surface area contributed by atoms with Gasteiger partial charge in [-0.1, -0.05) is 0 Å². The third kappa shape index (κ3) is 6.66. The van der Waals surface area contributed by atoms with Crippen molar-refractivity contribution in [3.05, 3.63) is 24.3 Å². The van der Waals surface area contributed by atoms with E-state index in [2.05, 4.69) is 5.32 Å². The molecule has 1 unspecified atom stereocenters. The molecule has 0 radical (unpaired) electrons. The molecule has 0 aliphatic rings. The minimum absolute atomic E-state index is 0.280. The summed E-state index contributed by atoms with van der Waals surface area (Å²) in [7, 11) is 3.34. The first-order valence-corrected chi connectivity index (χ1v) is 6.88. The summed E-state index contributed by atoms with van der Waals surface area (Å²) in [5.41, 5.74) is 0. The molecule has 0 bridgehead atoms. The van der Waals surface area contributed by atoms with Gasteiger partial charge < -0.3 is 19.5 Å². The minimum atomic E-state index is 0.280. The van der Waals surface area contributed by atoms with Crippen molar-refractivity contribution in [3.63, 3.8) is 0 Å². The Morgan fingerprint density at radius 3 is 2.42 bits per heavy atom. The number of alkyl halides is 1. The van der Waals surface area contributed by atoms with E-state index >= 15 is 0 Å². The van der Waals surface area contributed by atoms with Gasteiger partial charge in [-0.25, -0.2) is 0 Å². The summed E-state index contributed by atoms with van der Waals surface area (Å²) in [6, 6.07) is 7.82. The lowest BCUT2D eigenvalue weighted by Gasteiger charge is -2.16. The molecule has 5 heteroatoms. The van der Waals surface area contributed by atoms with E-state index in [4.69, 9.17) is 25.8 Å². The highest BCUT2D eigenvalue weighted by atomic mass is 35.5. The number of halogens is 1. The molecule has 1 aromatic rings. The van der Waals surface area contributed by atoms with E-state index in [-0.39, 0.29) is 6.04 Å². The molecule has 0 heterocycles. The lowest BCUT2D eigenvalue weighted by molar-refractivity contribution is 0.161. The van der Waals surface area contributed by atoms with Gasteiger partial charge in [0.2, 0.25) is 0 Å². The average Bonchev–Trinajstić information content (AvgIpc) is 2.44. The summed E-state index contributed by atoms with van der Waals surface area (Å²) in [6.45, 7) is 2.03. The van der Waals surface area contributed by atoms with Crippen LogP contribution in [-0.4, -0.2) is 45.9 Å². The Morgan fingerprint density at radius 2 is 1.84 bits per heavy atom. The smallest absolute Gasteiger partial charge is 0.119 e. The summed E-state index contributed by atoms with van der Waals surface area (Å²) in [5.74, 6) is 2.29. The van der Waals surface area contributed by atoms with E-state index in [1.165, 1.54) is 0 Å². The molecule has 0 aliphatic heterocycles. The maximum atomic E-state index is 5.73. The first-order valence-electron chi connectivity index (χ1n) is 6.35. The lowest BCUT2D eigenvalue weighted by Crippen LogP contribution is -2.36. The fraction of sp³-hybridized carbons (Fsp3) is 0.571. The minimum Gasteiger partial charge on any atom is -0.497 e. The Balaban J connectivity index is 2.21. The molecule has 1 atom stereocenters. The van der Waals surface area contributed by atoms with Gasteiger partial charge in [-0.2, -0.15) is 0 Å². The van der Waals surface area contributed by atoms with Crippen LogP contribution in [0.3, 0.4) is 0 Å². The molecule has 4 nitrogen and oxygen atoms in total. The van der Waals surface area contributed by atoms with Crippen LogP contribution in [0.5, 0.6) is 11.5 Å². The van der Waals surface area contributed by atoms with Crippen LogP contribution in [0.25, 0.3) is 0 Å². The molecule has 1 rings (SSSR count). The van der Waals surface area contributed by atoms with Gasteiger partial charge in [-0.15, -0.1) is 11.6 Å². The van der Waals surface area contributed by atoms with Crippen LogP contribution in [0, 0.1) is 0 Å². The summed E-state index contributed by atoms with van der Waals surface area (Å²) < 4.78 is 15.8. The molecule has 0 saturated carbocycles. The monoisotopic (exact) mass is 287 g/mol. The van der Waals surface area contributed by atoms with Crippen LogP contribution in [0.15, 0.2) is 24.3 Å². The number of methoxy groups -OCH3 is 2. The van der Waals surface area contributed by atoms with Crippen LogP contribution in [0.4, 0.5) is 0 Å². The molecule has 0 aliphatic carbocycles. The predicted molar refractivity (Wildman–Crippen MR) is 77.5 cm³/mol. The second-order valence-corrected chi connectivity index (χ2v) is 4.49. The van der Waals surface area contributed by atoms with E-state index in [0.29, 0.717) is 19.1 Å². The normalized spacial score (nSPS) is 12.2. The van der Waals surface area contributed by atoms with E-state index in [0.717, 1.165) is 24.5 Å². The molecule has 0 saturated heterocycles. The van der Waals surface area contributed by atoms with Gasteiger partial charge in [0, 0.05) is 25.6 Å². The van der Waals surface area contributed by atoms with Gasteiger partial charge in [0.1, 0.15) is 18.1 Å². The van der Waals surface area contributed by atoms with Crippen molar-refractivity contribution in [2.24, 2.45) is 0 Å². The third-order valence-electron chi connectivity index (χ3n) is 2.69. The van der Waals surface area contributed by atoms with Crippen molar-refractivity contribution in [2.45, 2.75) is 12.5 Å². The second-order valence-electron chi connectivity index (χ2n) is 4.11. The highest BCUT2D eigenvalue weighted by Crippen LogP contribution is 2.16. The molecule has 108 valence electrons. The van der Waals surface area contributed by atoms with Crippen LogP contribution < -0.4 is 14.8 Å². The van der Waals surface area contributed by atoms with Gasteiger partial charge >= 0.3 is 0 Å². The lowest BCUT2D eigenvalue weighted by atomic mass is 10.2. The van der Waals surface area contributed by atoms with Crippen molar-refractivity contribution in [1.82, 2.24) is 5.32 Å². The van der Waals surface area contributed by atoms with E-state index < -0.39 is 0 Å². The van der Waals surface area contributed by atoms with Crippen molar-refractivity contribution >= 4 is 11.6 Å². The number of hydrogen-bond donors (Lipinski definition) is 1. The fourth-order valence-electron chi connectivity index (χ4n) is 1.68. The molecule has 0 amide bonds. The van der Waals surface area contributed by atoms with Gasteiger partial charge in [-0.05, 0) is 30.7 Å². The first-order chi connectivity index (χ1) is 9.30. The van der Waals surface area contributed by atoms with Gasteiger partial charge in [0.05, 0.1) is 13.7 Å². The van der Waals surface area contributed by atoms with Gasteiger partial charge in [-0.3, -0.25) is 0 Å². The molecular weight excluding hydrogens is 266 g/mol. The summed E-state index contributed by atoms with van der Waals surface area (Å²) in [5, 5.41) is 3.36. The quantitative estimate of drug-likeness (QED) is 0.529. The van der Waals surface area contributed by atoms with Crippen LogP contribution in [0.1, 0.15) is 6.42 Å². The zero-order valence-electron chi connectivity index (χ0n) is 11.5. The van der Waals surface area contributed by atoms with Crippen LogP contribution in [0.2, 0.25) is 0 Å². The van der Waals surface area contributed by atoms with Gasteiger partial charge in [0.25, 0.3) is 0 Å². The zero-order chi connectivity index (χ0) is 13.9. The van der Waals surface area contributed by atoms with E-state index in [1.807, 2.05) is 24.3 Å². The standard InChI is InChI=1S/C14H22ClNO3/c1-17-11-12(7-8-15)16-9-10-19-14-5-3-13(18-2)4-6-14/h3-6,12,16H,7-11H2,1-2H3. The summed E-state index contributed by atoms with van der Waals surface area (Å²) in [4.78, 5) is 0. The number of hydrogen-bond acceptors (Lipinski definition) is 4. The Hall–Kier alpha value is -0.970. The largest absolute Gasteiger partial charge is 0.497 e. The van der Waals surface area contributed by atoms with Crippen LogP contribution in [-0.2, 0) is 4.74 Å². The van der Waals surface area contributed by atoms with Crippen LogP contribution >= 0.6 is 11.6 Å². The molecule has 1 aromatic carbocycles. The predicted octanol–water partition coefficient (Wildman–Crippen LogP) is 2.31. The maximum Gasteiger partial charge on any atom is 0.119 e. The SMILES string of the molecule is COCC(CCCl)NCCOc1ccc(OC)cc1. The molecule has 1 N–H and O–H groups in total. The number of nitrogens with one attached hydrogen (secondary N) is 1. The summed E-state index contributed by atoms with van der Waals surface area (Å²) in [6.07, 6.45) is 0.887. The Morgan fingerprint density at radius 1 is 1.16 bits per heavy atom. The highest BCUT2D eigenvalue weighted by Gasteiger charge is 2.06. The number of ether oxygens (including phenoxy) is 3. The topological polar surface area (TPSA) is 39.7 Å². The molecule has 19 heavy (non-hydrogen) atoms. The van der Waals surface area contributed by atoms with Gasteiger partial charge in [0.15, 0.2) is 0 Å². The van der Waals surface area contributed by atoms with E-state index in [9.17, 15) is 0 Å². The number of benzene rings is 1. The first kappa shape index (κ1) is 16.1. The van der Waals surface area contributed by atoms with Crippen molar-refractivity contribution in [1.29, 1.82) is 0 Å². The fourth-order valence-corrected chi connectivity index (χ4v) is 1.94. The average molecular weight is 288 g/mol. The van der Waals surface area contributed by atoms with Crippen molar-refractivity contribution in [3.8, 4) is 11.5 Å². The van der Waals surface area contributed by atoms with Crippen molar-refractivity contribution < 1.29 is 14.2 Å². The number of rotatable bonds is 10. The summed E-state index contributed by atoms with van der Waals surface area (Å²) >= 11 is 5.73. The second kappa shape index (κ2) is 9.89.